The summed E-state index contributed by atoms with van der Waals surface area (Å²) in [6.45, 7) is -0.140. The number of amides is 1. The molecule has 1 amide bonds. The van der Waals surface area contributed by atoms with E-state index in [0.717, 1.165) is 16.9 Å². The Morgan fingerprint density at radius 1 is 1.10 bits per heavy atom. The van der Waals surface area contributed by atoms with Crippen LogP contribution >= 0.6 is 0 Å². The van der Waals surface area contributed by atoms with Gasteiger partial charge >= 0.3 is 0 Å². The number of ketones is 1. The van der Waals surface area contributed by atoms with Gasteiger partial charge in [-0.15, -0.1) is 0 Å². The molecule has 1 aliphatic rings. The van der Waals surface area contributed by atoms with Gasteiger partial charge in [-0.3, -0.25) is 19.0 Å². The van der Waals surface area contributed by atoms with Crippen LogP contribution in [-0.2, 0) is 17.8 Å². The number of carbonyl (C=O) groups excluding carboxylic acids is 2. The molecule has 4 aromatic rings. The average molecular weight is 385 g/mol. The molecule has 2 aromatic heterocycles. The molecule has 2 aromatic carbocycles. The monoisotopic (exact) mass is 385 g/mol. The zero-order valence-electron chi connectivity index (χ0n) is 15.2. The van der Waals surface area contributed by atoms with Gasteiger partial charge in [0, 0.05) is 11.3 Å². The zero-order valence-corrected chi connectivity index (χ0v) is 15.2. The van der Waals surface area contributed by atoms with Crippen LogP contribution in [0, 0.1) is 0 Å². The molecule has 0 spiro atoms. The molecule has 8 nitrogen and oxygen atoms in total. The highest BCUT2D eigenvalue weighted by Gasteiger charge is 2.20. The second-order valence-corrected chi connectivity index (χ2v) is 6.83. The number of benzene rings is 2. The topological polar surface area (TPSA) is 98.9 Å². The predicted molar refractivity (Wildman–Crippen MR) is 106 cm³/mol. The lowest BCUT2D eigenvalue weighted by Gasteiger charge is -2.07. The van der Waals surface area contributed by atoms with Crippen molar-refractivity contribution < 1.29 is 9.59 Å². The average Bonchev–Trinajstić information content (AvgIpc) is 3.33. The summed E-state index contributed by atoms with van der Waals surface area (Å²) < 4.78 is 2.87. The van der Waals surface area contributed by atoms with E-state index in [1.165, 1.54) is 17.1 Å². The van der Waals surface area contributed by atoms with E-state index in [1.54, 1.807) is 22.9 Å². The van der Waals surface area contributed by atoms with E-state index in [-0.39, 0.29) is 30.2 Å². The van der Waals surface area contributed by atoms with Gasteiger partial charge in [0.15, 0.2) is 11.4 Å². The van der Waals surface area contributed by atoms with Crippen molar-refractivity contribution in [2.75, 3.05) is 5.32 Å². The van der Waals surface area contributed by atoms with Crippen molar-refractivity contribution in [3.05, 3.63) is 82.5 Å². The number of hydrogen-bond donors (Lipinski definition) is 1. The molecule has 3 heterocycles. The molecule has 29 heavy (non-hydrogen) atoms. The third-order valence-electron chi connectivity index (χ3n) is 4.92. The number of carbonyl (C=O) groups is 2. The van der Waals surface area contributed by atoms with Gasteiger partial charge in [0.2, 0.25) is 5.91 Å². The number of aromatic nitrogens is 4. The highest BCUT2D eigenvalue weighted by molar-refractivity contribution is 6.02. The Kier molecular flexibility index (Phi) is 3.83. The first-order valence-electron chi connectivity index (χ1n) is 9.05. The van der Waals surface area contributed by atoms with Gasteiger partial charge in [-0.1, -0.05) is 18.2 Å². The van der Waals surface area contributed by atoms with E-state index in [4.69, 9.17) is 0 Å². The normalized spacial score (nSPS) is 12.8. The van der Waals surface area contributed by atoms with Crippen molar-refractivity contribution in [3.8, 4) is 5.69 Å². The Morgan fingerprint density at radius 2 is 1.93 bits per heavy atom. The molecule has 1 N–H and O–H groups in total. The summed E-state index contributed by atoms with van der Waals surface area (Å²) in [6, 6.07) is 14.4. The molecule has 0 atom stereocenters. The van der Waals surface area contributed by atoms with E-state index in [9.17, 15) is 14.4 Å². The molecule has 142 valence electrons. The Hall–Kier alpha value is -4.07. The van der Waals surface area contributed by atoms with E-state index < -0.39 is 0 Å². The molecule has 0 aliphatic carbocycles. The number of Topliss-reactive ketones (excluding diaryl/α,β-unsaturated/α-hetero) is 1. The zero-order chi connectivity index (χ0) is 20.0. The Bertz CT molecular complexity index is 1340. The summed E-state index contributed by atoms with van der Waals surface area (Å²) in [4.78, 5) is 41.4. The molecule has 1 aliphatic heterocycles. The fraction of sp³-hybridized carbons (Fsp3) is 0.0952. The van der Waals surface area contributed by atoms with Crippen LogP contribution in [0.1, 0.15) is 15.9 Å². The molecule has 0 fully saturated rings. The Balaban J connectivity index is 1.46. The first-order valence-corrected chi connectivity index (χ1v) is 9.05. The summed E-state index contributed by atoms with van der Waals surface area (Å²) in [5.41, 5.74) is 2.86. The van der Waals surface area contributed by atoms with Crippen molar-refractivity contribution in [2.24, 2.45) is 0 Å². The molecule has 0 unspecified atom stereocenters. The van der Waals surface area contributed by atoms with Gasteiger partial charge < -0.3 is 5.32 Å². The van der Waals surface area contributed by atoms with Crippen LogP contribution in [0.25, 0.3) is 16.7 Å². The number of anilines is 1. The summed E-state index contributed by atoms with van der Waals surface area (Å²) in [6.07, 6.45) is 3.08. The number of rotatable bonds is 4. The lowest BCUT2D eigenvalue weighted by Crippen LogP contribution is -2.24. The lowest BCUT2D eigenvalue weighted by molar-refractivity contribution is -0.115. The lowest BCUT2D eigenvalue weighted by atomic mass is 10.1. The minimum absolute atomic E-state index is 0.0918. The second-order valence-electron chi connectivity index (χ2n) is 6.83. The van der Waals surface area contributed by atoms with Crippen LogP contribution in [-0.4, -0.2) is 31.0 Å². The highest BCUT2D eigenvalue weighted by atomic mass is 16.2. The summed E-state index contributed by atoms with van der Waals surface area (Å²) >= 11 is 0. The third kappa shape index (κ3) is 2.91. The highest BCUT2D eigenvalue weighted by Crippen LogP contribution is 2.24. The van der Waals surface area contributed by atoms with E-state index in [2.05, 4.69) is 15.4 Å². The molecule has 0 saturated heterocycles. The van der Waals surface area contributed by atoms with Gasteiger partial charge in [0.1, 0.15) is 11.7 Å². The SMILES string of the molecule is O=C1Cc2cc(C(=O)Cn3cnc4c(cnn4-c4ccccc4)c3=O)ccc2N1. The van der Waals surface area contributed by atoms with Crippen molar-refractivity contribution >= 4 is 28.4 Å². The largest absolute Gasteiger partial charge is 0.326 e. The molecule has 0 saturated carbocycles. The van der Waals surface area contributed by atoms with Gasteiger partial charge in [-0.05, 0) is 35.9 Å². The number of para-hydroxylation sites is 1. The Labute approximate surface area is 164 Å². The molecule has 0 bridgehead atoms. The van der Waals surface area contributed by atoms with Crippen LogP contribution in [0.4, 0.5) is 5.69 Å². The van der Waals surface area contributed by atoms with Gasteiger partial charge in [-0.2, -0.15) is 5.10 Å². The van der Waals surface area contributed by atoms with Crippen LogP contribution in [0.3, 0.4) is 0 Å². The first-order chi connectivity index (χ1) is 14.1. The van der Waals surface area contributed by atoms with E-state index >= 15 is 0 Å². The smallest absolute Gasteiger partial charge is 0.264 e. The van der Waals surface area contributed by atoms with Crippen LogP contribution in [0.2, 0.25) is 0 Å². The summed E-state index contributed by atoms with van der Waals surface area (Å²) in [5.74, 6) is -0.322. The molecular weight excluding hydrogens is 370 g/mol. The third-order valence-corrected chi connectivity index (χ3v) is 4.92. The fourth-order valence-corrected chi connectivity index (χ4v) is 3.47. The Morgan fingerprint density at radius 3 is 2.76 bits per heavy atom. The summed E-state index contributed by atoms with van der Waals surface area (Å²) in [7, 11) is 0. The number of nitrogens with zero attached hydrogens (tertiary/aromatic N) is 4. The van der Waals surface area contributed by atoms with Gasteiger partial charge in [0.25, 0.3) is 5.56 Å². The van der Waals surface area contributed by atoms with Crippen LogP contribution < -0.4 is 10.9 Å². The van der Waals surface area contributed by atoms with Crippen molar-refractivity contribution in [1.82, 2.24) is 19.3 Å². The van der Waals surface area contributed by atoms with Crippen molar-refractivity contribution in [1.29, 1.82) is 0 Å². The molecular formula is C21H15N5O3. The number of nitrogens with one attached hydrogen (secondary N) is 1. The predicted octanol–water partition coefficient (Wildman–Crippen LogP) is 1.96. The molecule has 0 radical (unpaired) electrons. The maximum atomic E-state index is 12.8. The van der Waals surface area contributed by atoms with E-state index in [1.807, 2.05) is 30.3 Å². The standard InChI is InChI=1S/C21H15N5O3/c27-18(13-6-7-17-14(8-13)9-19(28)24-17)11-25-12-22-20-16(21(25)29)10-23-26(20)15-4-2-1-3-5-15/h1-8,10,12H,9,11H2,(H,24,28). The number of hydrogen-bond acceptors (Lipinski definition) is 5. The quantitative estimate of drug-likeness (QED) is 0.542. The van der Waals surface area contributed by atoms with Gasteiger partial charge in [0.05, 0.1) is 24.8 Å². The molecule has 8 heteroatoms. The maximum Gasteiger partial charge on any atom is 0.264 e. The minimum atomic E-state index is -0.330. The maximum absolute atomic E-state index is 12.8. The molecule has 5 rings (SSSR count). The van der Waals surface area contributed by atoms with Gasteiger partial charge in [-0.25, -0.2) is 9.67 Å². The van der Waals surface area contributed by atoms with Crippen LogP contribution in [0.5, 0.6) is 0 Å². The van der Waals surface area contributed by atoms with Crippen LogP contribution in [0.15, 0.2) is 65.8 Å². The summed E-state index contributed by atoms with van der Waals surface area (Å²) in [5, 5.41) is 7.34. The first kappa shape index (κ1) is 17.1. The minimum Gasteiger partial charge on any atom is -0.326 e. The van der Waals surface area contributed by atoms with Crippen molar-refractivity contribution in [3.63, 3.8) is 0 Å². The van der Waals surface area contributed by atoms with Crippen molar-refractivity contribution in [2.45, 2.75) is 13.0 Å². The van der Waals surface area contributed by atoms with E-state index in [0.29, 0.717) is 16.6 Å². The fourth-order valence-electron chi connectivity index (χ4n) is 3.47. The number of fused-ring (bicyclic) bond motifs is 2. The second kappa shape index (κ2) is 6.52.